The van der Waals surface area contributed by atoms with Crippen molar-refractivity contribution in [3.05, 3.63) is 22.2 Å². The fourth-order valence-electron chi connectivity index (χ4n) is 3.71. The topological polar surface area (TPSA) is 88.0 Å². The minimum absolute atomic E-state index is 0.240. The average Bonchev–Trinajstić information content (AvgIpc) is 3.49. The maximum absolute atomic E-state index is 5.43. The number of ether oxygens (including phenoxy) is 2. The smallest absolute Gasteiger partial charge is 0.250 e. The third-order valence-corrected chi connectivity index (χ3v) is 5.94. The van der Waals surface area contributed by atoms with E-state index in [1.807, 2.05) is 12.1 Å². The predicted octanol–water partition coefficient (Wildman–Crippen LogP) is 3.01. The van der Waals surface area contributed by atoms with Crippen LogP contribution in [0.1, 0.15) is 31.2 Å². The highest BCUT2D eigenvalue weighted by molar-refractivity contribution is 9.10. The van der Waals surface area contributed by atoms with Crippen molar-refractivity contribution in [3.8, 4) is 11.5 Å². The van der Waals surface area contributed by atoms with Gasteiger partial charge >= 0.3 is 0 Å². The molecule has 152 valence electrons. The van der Waals surface area contributed by atoms with Gasteiger partial charge in [0.15, 0.2) is 11.5 Å². The molecule has 0 radical (unpaired) electrons. The van der Waals surface area contributed by atoms with Crippen LogP contribution in [-0.2, 0) is 0 Å². The van der Waals surface area contributed by atoms with Gasteiger partial charge in [-0.25, -0.2) is 5.43 Å². The van der Waals surface area contributed by atoms with Gasteiger partial charge in [-0.15, -0.1) is 0 Å². The molecule has 0 unspecified atom stereocenters. The van der Waals surface area contributed by atoms with Crippen molar-refractivity contribution in [1.29, 1.82) is 0 Å². The van der Waals surface area contributed by atoms with Crippen LogP contribution in [0.2, 0.25) is 0 Å². The number of rotatable bonds is 5. The third kappa shape index (κ3) is 3.93. The Balaban J connectivity index is 1.38. The van der Waals surface area contributed by atoms with Crippen molar-refractivity contribution in [2.75, 3.05) is 48.2 Å². The fraction of sp³-hybridized carbons (Fsp3) is 0.474. The normalized spacial score (nSPS) is 18.2. The van der Waals surface area contributed by atoms with E-state index in [0.29, 0.717) is 11.7 Å². The Labute approximate surface area is 177 Å². The molecule has 0 aliphatic carbocycles. The summed E-state index contributed by atoms with van der Waals surface area (Å²) < 4.78 is 11.7. The van der Waals surface area contributed by atoms with E-state index in [1.54, 1.807) is 6.21 Å². The Morgan fingerprint density at radius 3 is 2.10 bits per heavy atom. The lowest BCUT2D eigenvalue weighted by Crippen LogP contribution is -2.25. The molecule has 2 aromatic rings. The molecule has 0 amide bonds. The molecule has 0 bridgehead atoms. The monoisotopic (exact) mass is 459 g/mol. The molecule has 2 saturated heterocycles. The molecule has 3 aliphatic heterocycles. The van der Waals surface area contributed by atoms with E-state index in [9.17, 15) is 0 Å². The second-order valence-electron chi connectivity index (χ2n) is 7.24. The highest BCUT2D eigenvalue weighted by atomic mass is 79.9. The Morgan fingerprint density at radius 1 is 0.897 bits per heavy atom. The maximum Gasteiger partial charge on any atom is 0.250 e. The second kappa shape index (κ2) is 8.02. The van der Waals surface area contributed by atoms with Crippen LogP contribution in [0.5, 0.6) is 11.5 Å². The molecule has 1 aromatic heterocycles. The van der Waals surface area contributed by atoms with Gasteiger partial charge in [-0.05, 0) is 53.7 Å². The summed E-state index contributed by atoms with van der Waals surface area (Å²) in [6.07, 6.45) is 6.39. The van der Waals surface area contributed by atoms with E-state index in [-0.39, 0.29) is 6.79 Å². The van der Waals surface area contributed by atoms with Crippen molar-refractivity contribution in [3.63, 3.8) is 0 Å². The minimum Gasteiger partial charge on any atom is -0.454 e. The summed E-state index contributed by atoms with van der Waals surface area (Å²) in [5.41, 5.74) is 3.85. The molecule has 29 heavy (non-hydrogen) atoms. The van der Waals surface area contributed by atoms with Gasteiger partial charge in [-0.3, -0.25) is 0 Å². The number of hydrogen-bond donors (Lipinski definition) is 1. The number of anilines is 3. The summed E-state index contributed by atoms with van der Waals surface area (Å²) >= 11 is 3.54. The number of benzene rings is 1. The van der Waals surface area contributed by atoms with Crippen LogP contribution in [0.25, 0.3) is 0 Å². The Bertz CT molecular complexity index is 893. The molecule has 5 rings (SSSR count). The van der Waals surface area contributed by atoms with E-state index in [0.717, 1.165) is 53.9 Å². The number of hydrazone groups is 1. The van der Waals surface area contributed by atoms with Crippen molar-refractivity contribution in [2.24, 2.45) is 5.10 Å². The molecule has 10 heteroatoms. The zero-order valence-corrected chi connectivity index (χ0v) is 17.6. The van der Waals surface area contributed by atoms with Crippen LogP contribution in [0.15, 0.2) is 21.7 Å². The van der Waals surface area contributed by atoms with Crippen molar-refractivity contribution >= 4 is 40.0 Å². The highest BCUT2D eigenvalue weighted by Crippen LogP contribution is 2.36. The molecule has 0 spiro atoms. The average molecular weight is 460 g/mol. The number of hydrogen-bond acceptors (Lipinski definition) is 9. The molecule has 4 heterocycles. The van der Waals surface area contributed by atoms with Crippen LogP contribution in [0, 0.1) is 0 Å². The molecule has 2 fully saturated rings. The highest BCUT2D eigenvalue weighted by Gasteiger charge is 2.21. The summed E-state index contributed by atoms with van der Waals surface area (Å²) in [5.74, 6) is 3.34. The standard InChI is InChI=1S/C19H22BrN7O2/c20-14-10-16-15(28-12-29-16)9-13(14)11-21-25-17-22-18(26-5-1-2-6-26)24-19(23-17)27-7-3-4-8-27/h9-11H,1-8,12H2,(H,22,23,24,25)/b21-11-. The quantitative estimate of drug-likeness (QED) is 0.539. The van der Waals surface area contributed by atoms with Crippen LogP contribution in [0.3, 0.4) is 0 Å². The molecular formula is C19H22BrN7O2. The molecule has 1 aromatic carbocycles. The molecule has 3 aliphatic rings. The van der Waals surface area contributed by atoms with Crippen molar-refractivity contribution < 1.29 is 9.47 Å². The van der Waals surface area contributed by atoms with Gasteiger partial charge in [0.05, 0.1) is 6.21 Å². The first-order valence-corrected chi connectivity index (χ1v) is 10.7. The van der Waals surface area contributed by atoms with Gasteiger partial charge in [0.25, 0.3) is 0 Å². The summed E-state index contributed by atoms with van der Waals surface area (Å²) in [6.45, 7) is 4.17. The first kappa shape index (κ1) is 18.4. The summed E-state index contributed by atoms with van der Waals surface area (Å²) in [4.78, 5) is 18.3. The van der Waals surface area contributed by atoms with E-state index in [1.165, 1.54) is 25.7 Å². The van der Waals surface area contributed by atoms with Crippen LogP contribution in [0.4, 0.5) is 17.8 Å². The molecule has 0 atom stereocenters. The maximum atomic E-state index is 5.43. The predicted molar refractivity (Wildman–Crippen MR) is 114 cm³/mol. The summed E-state index contributed by atoms with van der Waals surface area (Å²) in [6, 6.07) is 3.76. The zero-order valence-electron chi connectivity index (χ0n) is 16.0. The minimum atomic E-state index is 0.240. The molecule has 9 nitrogen and oxygen atoms in total. The van der Waals surface area contributed by atoms with E-state index >= 15 is 0 Å². The lowest BCUT2D eigenvalue weighted by atomic mass is 10.2. The molecule has 0 saturated carbocycles. The van der Waals surface area contributed by atoms with Gasteiger partial charge in [-0.1, -0.05) is 0 Å². The van der Waals surface area contributed by atoms with Crippen LogP contribution < -0.4 is 24.7 Å². The summed E-state index contributed by atoms with van der Waals surface area (Å²) in [5, 5.41) is 4.34. The zero-order chi connectivity index (χ0) is 19.6. The molecule has 1 N–H and O–H groups in total. The second-order valence-corrected chi connectivity index (χ2v) is 8.10. The van der Waals surface area contributed by atoms with Crippen molar-refractivity contribution in [1.82, 2.24) is 15.0 Å². The first-order valence-electron chi connectivity index (χ1n) is 9.90. The lowest BCUT2D eigenvalue weighted by molar-refractivity contribution is 0.174. The Kier molecular flexibility index (Phi) is 5.09. The van der Waals surface area contributed by atoms with Crippen LogP contribution in [-0.4, -0.2) is 54.1 Å². The lowest BCUT2D eigenvalue weighted by Gasteiger charge is -2.20. The SMILES string of the molecule is Brc1cc2c(cc1/C=N\Nc1nc(N3CCCC3)nc(N3CCCC3)n1)OCO2. The largest absolute Gasteiger partial charge is 0.454 e. The number of halogens is 1. The van der Waals surface area contributed by atoms with E-state index < -0.39 is 0 Å². The molecular weight excluding hydrogens is 438 g/mol. The Morgan fingerprint density at radius 2 is 1.48 bits per heavy atom. The van der Waals surface area contributed by atoms with Gasteiger partial charge in [-0.2, -0.15) is 20.1 Å². The number of aromatic nitrogens is 3. The summed E-state index contributed by atoms with van der Waals surface area (Å²) in [7, 11) is 0. The number of fused-ring (bicyclic) bond motifs is 1. The Hall–Kier alpha value is -2.62. The number of nitrogens with one attached hydrogen (secondary N) is 1. The van der Waals surface area contributed by atoms with E-state index in [4.69, 9.17) is 14.5 Å². The van der Waals surface area contributed by atoms with Gasteiger partial charge < -0.3 is 19.3 Å². The van der Waals surface area contributed by atoms with Gasteiger partial charge in [0.2, 0.25) is 24.6 Å². The fourth-order valence-corrected chi connectivity index (χ4v) is 4.14. The van der Waals surface area contributed by atoms with Crippen LogP contribution >= 0.6 is 15.9 Å². The van der Waals surface area contributed by atoms with Gasteiger partial charge in [0.1, 0.15) is 0 Å². The van der Waals surface area contributed by atoms with Crippen molar-refractivity contribution in [2.45, 2.75) is 25.7 Å². The first-order chi connectivity index (χ1) is 14.3. The third-order valence-electron chi connectivity index (χ3n) is 5.25. The van der Waals surface area contributed by atoms with E-state index in [2.05, 4.69) is 46.2 Å². The van der Waals surface area contributed by atoms with Gasteiger partial charge in [0, 0.05) is 36.2 Å². The number of nitrogens with zero attached hydrogens (tertiary/aromatic N) is 6.